The van der Waals surface area contributed by atoms with Gasteiger partial charge in [0.25, 0.3) is 0 Å². The van der Waals surface area contributed by atoms with Crippen LogP contribution in [0, 0.1) is 0 Å². The third-order valence-corrected chi connectivity index (χ3v) is 3.48. The molecule has 0 spiro atoms. The van der Waals surface area contributed by atoms with Crippen molar-refractivity contribution < 1.29 is 4.74 Å². The van der Waals surface area contributed by atoms with Gasteiger partial charge < -0.3 is 10.5 Å². The van der Waals surface area contributed by atoms with Gasteiger partial charge in [-0.2, -0.15) is 0 Å². The molecule has 0 fully saturated rings. The smallest absolute Gasteiger partial charge is 0.119 e. The number of methoxy groups -OCH3 is 1. The second-order valence-corrected chi connectivity index (χ2v) is 4.87. The van der Waals surface area contributed by atoms with Crippen LogP contribution in [-0.2, 0) is 6.42 Å². The number of pyridine rings is 1. The molecule has 18 heavy (non-hydrogen) atoms. The van der Waals surface area contributed by atoms with Crippen molar-refractivity contribution in [3.63, 3.8) is 0 Å². The second-order valence-electron chi connectivity index (χ2n) is 4.02. The van der Waals surface area contributed by atoms with Crippen LogP contribution in [0.1, 0.15) is 17.3 Å². The first kappa shape index (κ1) is 13.1. The lowest BCUT2D eigenvalue weighted by atomic mass is 10.0. The largest absolute Gasteiger partial charge is 0.497 e. The van der Waals surface area contributed by atoms with Crippen LogP contribution in [0.5, 0.6) is 5.75 Å². The average molecular weight is 307 g/mol. The van der Waals surface area contributed by atoms with E-state index < -0.39 is 0 Å². The molecule has 0 aliphatic heterocycles. The number of aromatic nitrogens is 1. The molecule has 0 saturated heterocycles. The Morgan fingerprint density at radius 2 is 2.17 bits per heavy atom. The monoisotopic (exact) mass is 306 g/mol. The summed E-state index contributed by atoms with van der Waals surface area (Å²) in [7, 11) is 1.65. The number of rotatable bonds is 4. The molecule has 1 heterocycles. The van der Waals surface area contributed by atoms with Gasteiger partial charge in [0.1, 0.15) is 5.75 Å². The van der Waals surface area contributed by atoms with Crippen LogP contribution in [0.4, 0.5) is 0 Å². The van der Waals surface area contributed by atoms with Gasteiger partial charge in [-0.05, 0) is 35.9 Å². The second kappa shape index (κ2) is 5.98. The highest BCUT2D eigenvalue weighted by Crippen LogP contribution is 2.28. The fraction of sp³-hybridized carbons (Fsp3) is 0.214. The molecule has 0 aliphatic rings. The maximum absolute atomic E-state index is 6.23. The number of ether oxygens (including phenoxy) is 1. The first-order valence-electron chi connectivity index (χ1n) is 5.69. The number of hydrogen-bond acceptors (Lipinski definition) is 3. The Morgan fingerprint density at radius 1 is 1.33 bits per heavy atom. The lowest BCUT2D eigenvalue weighted by molar-refractivity contribution is 0.413. The Hall–Kier alpha value is -1.39. The molecule has 94 valence electrons. The van der Waals surface area contributed by atoms with E-state index in [1.807, 2.05) is 36.4 Å². The third-order valence-electron chi connectivity index (χ3n) is 2.76. The van der Waals surface area contributed by atoms with Crippen LogP contribution in [-0.4, -0.2) is 12.1 Å². The van der Waals surface area contributed by atoms with Gasteiger partial charge in [-0.25, -0.2) is 0 Å². The first-order valence-corrected chi connectivity index (χ1v) is 6.49. The molecule has 0 saturated carbocycles. The van der Waals surface area contributed by atoms with Crippen LogP contribution in [0.25, 0.3) is 0 Å². The number of halogens is 1. The van der Waals surface area contributed by atoms with Gasteiger partial charge in [0.15, 0.2) is 0 Å². The van der Waals surface area contributed by atoms with E-state index in [1.54, 1.807) is 13.3 Å². The molecule has 3 nitrogen and oxygen atoms in total. The standard InChI is InChI=1S/C14H15BrN2O/c1-18-11-5-6-13(15)12(9-11)14(16)8-10-4-2-3-7-17-10/h2-7,9,14H,8,16H2,1H3. The van der Waals surface area contributed by atoms with Crippen molar-refractivity contribution >= 4 is 15.9 Å². The lowest BCUT2D eigenvalue weighted by Gasteiger charge is -2.14. The van der Waals surface area contributed by atoms with Gasteiger partial charge in [0.2, 0.25) is 0 Å². The Balaban J connectivity index is 2.20. The molecule has 1 aromatic carbocycles. The van der Waals surface area contributed by atoms with Crippen LogP contribution in [0.2, 0.25) is 0 Å². The summed E-state index contributed by atoms with van der Waals surface area (Å²) in [5.41, 5.74) is 8.24. The zero-order chi connectivity index (χ0) is 13.0. The normalized spacial score (nSPS) is 12.2. The summed E-state index contributed by atoms with van der Waals surface area (Å²) in [6.07, 6.45) is 2.48. The summed E-state index contributed by atoms with van der Waals surface area (Å²) in [4.78, 5) is 4.29. The van der Waals surface area contributed by atoms with E-state index in [-0.39, 0.29) is 6.04 Å². The highest BCUT2D eigenvalue weighted by molar-refractivity contribution is 9.10. The minimum absolute atomic E-state index is 0.107. The first-order chi connectivity index (χ1) is 8.70. The van der Waals surface area contributed by atoms with Gasteiger partial charge >= 0.3 is 0 Å². The molecule has 4 heteroatoms. The van der Waals surface area contributed by atoms with Gasteiger partial charge in [-0.3, -0.25) is 4.98 Å². The van der Waals surface area contributed by atoms with E-state index in [0.29, 0.717) is 6.42 Å². The molecule has 1 unspecified atom stereocenters. The number of hydrogen-bond donors (Lipinski definition) is 1. The molecule has 2 aromatic rings. The van der Waals surface area contributed by atoms with Crippen molar-refractivity contribution in [3.8, 4) is 5.75 Å². The molecular weight excluding hydrogens is 292 g/mol. The van der Waals surface area contributed by atoms with E-state index >= 15 is 0 Å². The van der Waals surface area contributed by atoms with E-state index in [9.17, 15) is 0 Å². The predicted octanol–water partition coefficient (Wildman–Crippen LogP) is 3.10. The molecular formula is C14H15BrN2O. The quantitative estimate of drug-likeness (QED) is 0.944. The van der Waals surface area contributed by atoms with Gasteiger partial charge in [-0.1, -0.05) is 22.0 Å². The van der Waals surface area contributed by atoms with Gasteiger partial charge in [0.05, 0.1) is 7.11 Å². The minimum atomic E-state index is -0.107. The van der Waals surface area contributed by atoms with Crippen LogP contribution < -0.4 is 10.5 Å². The Kier molecular flexibility index (Phi) is 4.33. The van der Waals surface area contributed by atoms with E-state index in [0.717, 1.165) is 21.5 Å². The molecule has 2 N–H and O–H groups in total. The summed E-state index contributed by atoms with van der Waals surface area (Å²) >= 11 is 3.52. The Bertz CT molecular complexity index is 516. The van der Waals surface area contributed by atoms with Crippen LogP contribution >= 0.6 is 15.9 Å². The van der Waals surface area contributed by atoms with Crippen molar-refractivity contribution in [1.82, 2.24) is 4.98 Å². The van der Waals surface area contributed by atoms with Crippen molar-refractivity contribution in [2.24, 2.45) is 5.73 Å². The minimum Gasteiger partial charge on any atom is -0.497 e. The van der Waals surface area contributed by atoms with Crippen LogP contribution in [0.15, 0.2) is 47.1 Å². The Labute approximate surface area is 115 Å². The highest BCUT2D eigenvalue weighted by Gasteiger charge is 2.12. The Morgan fingerprint density at radius 3 is 2.83 bits per heavy atom. The fourth-order valence-electron chi connectivity index (χ4n) is 1.79. The maximum Gasteiger partial charge on any atom is 0.119 e. The zero-order valence-corrected chi connectivity index (χ0v) is 11.7. The SMILES string of the molecule is COc1ccc(Br)c(C(N)Cc2ccccn2)c1. The van der Waals surface area contributed by atoms with Crippen molar-refractivity contribution in [3.05, 3.63) is 58.3 Å². The molecule has 1 aromatic heterocycles. The molecule has 0 radical (unpaired) electrons. The third kappa shape index (κ3) is 3.09. The zero-order valence-electron chi connectivity index (χ0n) is 10.1. The predicted molar refractivity (Wildman–Crippen MR) is 75.6 cm³/mol. The van der Waals surface area contributed by atoms with Crippen molar-refractivity contribution in [1.29, 1.82) is 0 Å². The lowest BCUT2D eigenvalue weighted by Crippen LogP contribution is -2.14. The molecule has 1 atom stereocenters. The highest BCUT2D eigenvalue weighted by atomic mass is 79.9. The van der Waals surface area contributed by atoms with E-state index in [4.69, 9.17) is 10.5 Å². The number of nitrogens with two attached hydrogens (primary N) is 1. The van der Waals surface area contributed by atoms with E-state index in [1.165, 1.54) is 0 Å². The maximum atomic E-state index is 6.23. The van der Waals surface area contributed by atoms with Gasteiger partial charge in [0, 0.05) is 28.8 Å². The van der Waals surface area contributed by atoms with Gasteiger partial charge in [-0.15, -0.1) is 0 Å². The van der Waals surface area contributed by atoms with Crippen molar-refractivity contribution in [2.75, 3.05) is 7.11 Å². The fourth-order valence-corrected chi connectivity index (χ4v) is 2.33. The summed E-state index contributed by atoms with van der Waals surface area (Å²) < 4.78 is 6.21. The summed E-state index contributed by atoms with van der Waals surface area (Å²) in [5.74, 6) is 0.810. The summed E-state index contributed by atoms with van der Waals surface area (Å²) in [6, 6.07) is 11.6. The molecule has 0 amide bonds. The topological polar surface area (TPSA) is 48.1 Å². The molecule has 2 rings (SSSR count). The number of benzene rings is 1. The van der Waals surface area contributed by atoms with Crippen LogP contribution in [0.3, 0.4) is 0 Å². The summed E-state index contributed by atoms with van der Waals surface area (Å²) in [5, 5.41) is 0. The summed E-state index contributed by atoms with van der Waals surface area (Å²) in [6.45, 7) is 0. The van der Waals surface area contributed by atoms with E-state index in [2.05, 4.69) is 20.9 Å². The number of nitrogens with zero attached hydrogens (tertiary/aromatic N) is 1. The van der Waals surface area contributed by atoms with Crippen molar-refractivity contribution in [2.45, 2.75) is 12.5 Å². The molecule has 0 bridgehead atoms. The molecule has 0 aliphatic carbocycles. The average Bonchev–Trinajstić information content (AvgIpc) is 2.40.